The lowest BCUT2D eigenvalue weighted by Crippen LogP contribution is -2.29. The summed E-state index contributed by atoms with van der Waals surface area (Å²) < 4.78 is 31.3. The van der Waals surface area contributed by atoms with Gasteiger partial charge in [0.1, 0.15) is 5.75 Å². The molecule has 0 aliphatic carbocycles. The third-order valence-electron chi connectivity index (χ3n) is 2.69. The van der Waals surface area contributed by atoms with E-state index in [1.54, 1.807) is 43.1 Å². The van der Waals surface area contributed by atoms with Gasteiger partial charge in [-0.2, -0.15) is 11.8 Å². The van der Waals surface area contributed by atoms with E-state index in [1.165, 1.54) is 4.31 Å². The number of thioether (sulfide) groups is 1. The van der Waals surface area contributed by atoms with Crippen molar-refractivity contribution in [3.8, 4) is 5.75 Å². The standard InChI is InChI=1S/C13H20ClNO3S2/c1-15(9-11-19-2)20(16,17)13-6-4-12(5-7-13)18-10-3-8-14/h4-7H,3,8-11H2,1-2H3. The van der Waals surface area contributed by atoms with Gasteiger partial charge < -0.3 is 4.74 Å². The lowest BCUT2D eigenvalue weighted by atomic mass is 10.3. The van der Waals surface area contributed by atoms with E-state index >= 15 is 0 Å². The second-order valence-electron chi connectivity index (χ2n) is 4.18. The summed E-state index contributed by atoms with van der Waals surface area (Å²) in [6, 6.07) is 6.48. The highest BCUT2D eigenvalue weighted by atomic mass is 35.5. The van der Waals surface area contributed by atoms with E-state index < -0.39 is 10.0 Å². The van der Waals surface area contributed by atoms with Crippen LogP contribution in [0.3, 0.4) is 0 Å². The molecule has 0 saturated heterocycles. The van der Waals surface area contributed by atoms with Crippen molar-refractivity contribution < 1.29 is 13.2 Å². The molecular formula is C13H20ClNO3S2. The van der Waals surface area contributed by atoms with E-state index in [2.05, 4.69) is 0 Å². The molecule has 0 saturated carbocycles. The van der Waals surface area contributed by atoms with Crippen LogP contribution in [0.4, 0.5) is 0 Å². The van der Waals surface area contributed by atoms with Crippen LogP contribution in [-0.2, 0) is 10.0 Å². The molecule has 0 bridgehead atoms. The minimum Gasteiger partial charge on any atom is -0.494 e. The molecule has 4 nitrogen and oxygen atoms in total. The van der Waals surface area contributed by atoms with Gasteiger partial charge in [-0.25, -0.2) is 12.7 Å². The lowest BCUT2D eigenvalue weighted by Gasteiger charge is -2.16. The molecule has 0 unspecified atom stereocenters. The van der Waals surface area contributed by atoms with Crippen LogP contribution < -0.4 is 4.74 Å². The van der Waals surface area contributed by atoms with E-state index in [-0.39, 0.29) is 4.90 Å². The summed E-state index contributed by atoms with van der Waals surface area (Å²) in [7, 11) is -1.82. The molecule has 0 spiro atoms. The van der Waals surface area contributed by atoms with Gasteiger partial charge >= 0.3 is 0 Å². The molecule has 0 radical (unpaired) electrons. The van der Waals surface area contributed by atoms with Gasteiger partial charge in [0, 0.05) is 25.2 Å². The highest BCUT2D eigenvalue weighted by Crippen LogP contribution is 2.19. The van der Waals surface area contributed by atoms with Crippen LogP contribution in [-0.4, -0.2) is 50.8 Å². The highest BCUT2D eigenvalue weighted by Gasteiger charge is 2.19. The zero-order valence-corrected chi connectivity index (χ0v) is 14.1. The van der Waals surface area contributed by atoms with E-state index in [0.717, 1.165) is 12.2 Å². The topological polar surface area (TPSA) is 46.6 Å². The summed E-state index contributed by atoms with van der Waals surface area (Å²) in [5.41, 5.74) is 0. The predicted octanol–water partition coefficient (Wildman–Crippen LogP) is 2.68. The van der Waals surface area contributed by atoms with Gasteiger partial charge in [-0.05, 0) is 36.9 Å². The summed E-state index contributed by atoms with van der Waals surface area (Å²) in [6.07, 6.45) is 2.71. The van der Waals surface area contributed by atoms with Crippen molar-refractivity contribution in [1.82, 2.24) is 4.31 Å². The van der Waals surface area contributed by atoms with Crippen molar-refractivity contribution in [2.45, 2.75) is 11.3 Å². The molecule has 0 aliphatic rings. The van der Waals surface area contributed by atoms with Crippen molar-refractivity contribution in [3.63, 3.8) is 0 Å². The van der Waals surface area contributed by atoms with Crippen LogP contribution in [0, 0.1) is 0 Å². The van der Waals surface area contributed by atoms with Crippen molar-refractivity contribution in [2.75, 3.05) is 38.1 Å². The zero-order valence-electron chi connectivity index (χ0n) is 11.7. The Bertz CT molecular complexity index is 491. The Morgan fingerprint density at radius 2 is 1.95 bits per heavy atom. The molecule has 0 aliphatic heterocycles. The van der Waals surface area contributed by atoms with Gasteiger partial charge in [-0.1, -0.05) is 0 Å². The Labute approximate surface area is 130 Å². The number of benzene rings is 1. The van der Waals surface area contributed by atoms with Gasteiger partial charge in [0.05, 0.1) is 11.5 Å². The summed E-state index contributed by atoms with van der Waals surface area (Å²) in [5.74, 6) is 1.98. The molecule has 0 N–H and O–H groups in total. The molecular weight excluding hydrogens is 318 g/mol. The fourth-order valence-corrected chi connectivity index (χ4v) is 3.33. The molecule has 114 valence electrons. The second-order valence-corrected chi connectivity index (χ2v) is 7.59. The van der Waals surface area contributed by atoms with Gasteiger partial charge in [-0.15, -0.1) is 11.6 Å². The molecule has 20 heavy (non-hydrogen) atoms. The number of halogens is 1. The maximum absolute atomic E-state index is 12.3. The summed E-state index contributed by atoms with van der Waals surface area (Å²) in [4.78, 5) is 0.283. The SMILES string of the molecule is CSCCN(C)S(=O)(=O)c1ccc(OCCCCl)cc1. The molecule has 7 heteroatoms. The Balaban J connectivity index is 2.71. The van der Waals surface area contributed by atoms with Crippen LogP contribution in [0.25, 0.3) is 0 Å². The minimum absolute atomic E-state index is 0.283. The zero-order chi connectivity index (χ0) is 15.0. The van der Waals surface area contributed by atoms with Crippen molar-refractivity contribution in [3.05, 3.63) is 24.3 Å². The van der Waals surface area contributed by atoms with Crippen LogP contribution >= 0.6 is 23.4 Å². The third kappa shape index (κ3) is 5.16. The first-order valence-electron chi connectivity index (χ1n) is 6.26. The molecule has 0 fully saturated rings. The van der Waals surface area contributed by atoms with Crippen LogP contribution in [0.1, 0.15) is 6.42 Å². The molecule has 1 rings (SSSR count). The molecule has 0 amide bonds. The Morgan fingerprint density at radius 1 is 1.30 bits per heavy atom. The number of hydrogen-bond donors (Lipinski definition) is 0. The Hall–Kier alpha value is -0.430. The van der Waals surface area contributed by atoms with Crippen molar-refractivity contribution in [2.24, 2.45) is 0 Å². The summed E-state index contributed by atoms with van der Waals surface area (Å²) in [6.45, 7) is 1.03. The number of rotatable bonds is 9. The van der Waals surface area contributed by atoms with E-state index in [9.17, 15) is 8.42 Å². The average molecular weight is 338 g/mol. The first-order valence-corrected chi connectivity index (χ1v) is 9.63. The molecule has 1 aromatic carbocycles. The van der Waals surface area contributed by atoms with Gasteiger partial charge in [0.15, 0.2) is 0 Å². The van der Waals surface area contributed by atoms with E-state index in [4.69, 9.17) is 16.3 Å². The maximum Gasteiger partial charge on any atom is 0.242 e. The predicted molar refractivity (Wildman–Crippen MR) is 85.5 cm³/mol. The van der Waals surface area contributed by atoms with Gasteiger partial charge in [0.2, 0.25) is 10.0 Å². The highest BCUT2D eigenvalue weighted by molar-refractivity contribution is 7.98. The largest absolute Gasteiger partial charge is 0.494 e. The summed E-state index contributed by atoms with van der Waals surface area (Å²) in [5, 5.41) is 0. The fraction of sp³-hybridized carbons (Fsp3) is 0.538. The number of alkyl halides is 1. The third-order valence-corrected chi connectivity index (χ3v) is 5.42. The quantitative estimate of drug-likeness (QED) is 0.513. The van der Waals surface area contributed by atoms with E-state index in [0.29, 0.717) is 24.8 Å². The molecule has 0 atom stereocenters. The lowest BCUT2D eigenvalue weighted by molar-refractivity contribution is 0.318. The Morgan fingerprint density at radius 3 is 2.50 bits per heavy atom. The number of nitrogens with zero attached hydrogens (tertiary/aromatic N) is 1. The summed E-state index contributed by atoms with van der Waals surface area (Å²) >= 11 is 7.18. The van der Waals surface area contributed by atoms with Gasteiger partial charge in [0.25, 0.3) is 0 Å². The van der Waals surface area contributed by atoms with Crippen molar-refractivity contribution in [1.29, 1.82) is 0 Å². The Kier molecular flexibility index (Phi) is 7.72. The number of ether oxygens (including phenoxy) is 1. The maximum atomic E-state index is 12.3. The number of sulfonamides is 1. The smallest absolute Gasteiger partial charge is 0.242 e. The second kappa shape index (κ2) is 8.77. The van der Waals surface area contributed by atoms with E-state index in [1.807, 2.05) is 6.26 Å². The van der Waals surface area contributed by atoms with Crippen LogP contribution in [0.2, 0.25) is 0 Å². The van der Waals surface area contributed by atoms with Crippen LogP contribution in [0.5, 0.6) is 5.75 Å². The molecule has 0 heterocycles. The van der Waals surface area contributed by atoms with Crippen LogP contribution in [0.15, 0.2) is 29.2 Å². The monoisotopic (exact) mass is 337 g/mol. The minimum atomic E-state index is -3.41. The first-order chi connectivity index (χ1) is 9.52. The normalized spacial score (nSPS) is 11.8. The molecule has 1 aromatic rings. The first kappa shape index (κ1) is 17.6. The van der Waals surface area contributed by atoms with Crippen molar-refractivity contribution >= 4 is 33.4 Å². The van der Waals surface area contributed by atoms with Gasteiger partial charge in [-0.3, -0.25) is 0 Å². The average Bonchev–Trinajstić information content (AvgIpc) is 2.45. The fourth-order valence-electron chi connectivity index (χ4n) is 1.47. The molecule has 0 aromatic heterocycles. The number of hydrogen-bond acceptors (Lipinski definition) is 4.